The van der Waals surface area contributed by atoms with Gasteiger partial charge in [-0.15, -0.1) is 0 Å². The van der Waals surface area contributed by atoms with E-state index in [1.54, 1.807) is 0 Å². The van der Waals surface area contributed by atoms with Crippen molar-refractivity contribution in [2.45, 2.75) is 31.6 Å². The highest BCUT2D eigenvalue weighted by molar-refractivity contribution is 5.76. The largest absolute Gasteiger partial charge is 0.355 e. The fourth-order valence-corrected chi connectivity index (χ4v) is 4.14. The van der Waals surface area contributed by atoms with Gasteiger partial charge in [0.05, 0.1) is 23.1 Å². The Morgan fingerprint density at radius 1 is 0.966 bits per heavy atom. The number of hydrogen-bond donors (Lipinski definition) is 0. The first-order chi connectivity index (χ1) is 14.2. The van der Waals surface area contributed by atoms with Crippen LogP contribution in [-0.4, -0.2) is 42.4 Å². The molecule has 146 valence electrons. The van der Waals surface area contributed by atoms with E-state index in [9.17, 15) is 0 Å². The molecule has 1 aliphatic carbocycles. The number of aromatic nitrogens is 6. The zero-order chi connectivity index (χ0) is 19.5. The van der Waals surface area contributed by atoms with E-state index in [1.165, 1.54) is 18.4 Å². The molecule has 7 heteroatoms. The molecule has 0 N–H and O–H groups in total. The number of anilines is 1. The first kappa shape index (κ1) is 16.7. The summed E-state index contributed by atoms with van der Waals surface area (Å²) in [6.45, 7) is 3.90. The number of benzene rings is 1. The molecule has 1 aromatic carbocycles. The zero-order valence-electron chi connectivity index (χ0n) is 16.7. The number of fused-ring (bicyclic) bond motifs is 1. The molecule has 1 saturated carbocycles. The first-order valence-electron chi connectivity index (χ1n) is 10.2. The third kappa shape index (κ3) is 2.80. The monoisotopic (exact) mass is 385 g/mol. The van der Waals surface area contributed by atoms with E-state index in [2.05, 4.69) is 45.9 Å². The minimum Gasteiger partial charge on any atom is -0.355 e. The van der Waals surface area contributed by atoms with Crippen LogP contribution >= 0.6 is 0 Å². The van der Waals surface area contributed by atoms with Crippen molar-refractivity contribution < 1.29 is 0 Å². The summed E-state index contributed by atoms with van der Waals surface area (Å²) < 4.78 is 4.08. The van der Waals surface area contributed by atoms with Crippen LogP contribution in [0, 0.1) is 6.92 Å². The SMILES string of the molecule is Cc1cnn(-c2cc(N3CC(c4nc5ccccc5n4C)C3)nc(C3CC3)n2)c1. The second kappa shape index (κ2) is 6.14. The summed E-state index contributed by atoms with van der Waals surface area (Å²) in [6, 6.07) is 10.4. The molecule has 6 rings (SSSR count). The average Bonchev–Trinajstić information content (AvgIpc) is 3.38. The predicted octanol–water partition coefficient (Wildman–Crippen LogP) is 3.34. The second-order valence-electron chi connectivity index (χ2n) is 8.30. The summed E-state index contributed by atoms with van der Waals surface area (Å²) in [5.41, 5.74) is 3.39. The van der Waals surface area contributed by atoms with Gasteiger partial charge in [0.2, 0.25) is 0 Å². The predicted molar refractivity (Wildman–Crippen MR) is 112 cm³/mol. The summed E-state index contributed by atoms with van der Waals surface area (Å²) in [6.07, 6.45) is 6.25. The lowest BCUT2D eigenvalue weighted by Gasteiger charge is -2.39. The average molecular weight is 385 g/mol. The Morgan fingerprint density at radius 3 is 2.48 bits per heavy atom. The summed E-state index contributed by atoms with van der Waals surface area (Å²) >= 11 is 0. The molecule has 1 aliphatic heterocycles. The molecule has 0 atom stereocenters. The van der Waals surface area contributed by atoms with Gasteiger partial charge < -0.3 is 9.47 Å². The number of para-hydroxylation sites is 2. The molecule has 0 amide bonds. The number of imidazole rings is 1. The van der Waals surface area contributed by atoms with Crippen molar-refractivity contribution >= 4 is 16.9 Å². The molecule has 2 aliphatic rings. The topological polar surface area (TPSA) is 64.7 Å². The fourth-order valence-electron chi connectivity index (χ4n) is 4.14. The van der Waals surface area contributed by atoms with Gasteiger partial charge in [0.15, 0.2) is 5.82 Å². The summed E-state index contributed by atoms with van der Waals surface area (Å²) in [5.74, 6) is 4.89. The van der Waals surface area contributed by atoms with Crippen LogP contribution in [-0.2, 0) is 7.05 Å². The van der Waals surface area contributed by atoms with Gasteiger partial charge in [0.1, 0.15) is 17.5 Å². The van der Waals surface area contributed by atoms with Gasteiger partial charge in [0.25, 0.3) is 0 Å². The Labute approximate surface area is 169 Å². The van der Waals surface area contributed by atoms with Crippen LogP contribution in [0.25, 0.3) is 16.9 Å². The highest BCUT2D eigenvalue weighted by atomic mass is 15.3. The van der Waals surface area contributed by atoms with E-state index >= 15 is 0 Å². The van der Waals surface area contributed by atoms with Gasteiger partial charge in [-0.05, 0) is 37.5 Å². The summed E-state index contributed by atoms with van der Waals surface area (Å²) in [7, 11) is 2.11. The smallest absolute Gasteiger partial charge is 0.159 e. The van der Waals surface area contributed by atoms with Crippen LogP contribution in [0.1, 0.15) is 41.9 Å². The van der Waals surface area contributed by atoms with E-state index < -0.39 is 0 Å². The van der Waals surface area contributed by atoms with Crippen LogP contribution in [0.5, 0.6) is 0 Å². The molecule has 29 heavy (non-hydrogen) atoms. The van der Waals surface area contributed by atoms with Crippen LogP contribution in [0.3, 0.4) is 0 Å². The van der Waals surface area contributed by atoms with Crippen molar-refractivity contribution in [1.29, 1.82) is 0 Å². The van der Waals surface area contributed by atoms with Crippen LogP contribution < -0.4 is 4.90 Å². The zero-order valence-corrected chi connectivity index (χ0v) is 16.7. The van der Waals surface area contributed by atoms with E-state index in [4.69, 9.17) is 15.0 Å². The molecule has 1 saturated heterocycles. The van der Waals surface area contributed by atoms with Crippen molar-refractivity contribution in [2.75, 3.05) is 18.0 Å². The maximum Gasteiger partial charge on any atom is 0.159 e. The normalized spacial score (nSPS) is 17.1. The minimum atomic E-state index is 0.419. The third-order valence-electron chi connectivity index (χ3n) is 6.00. The number of aryl methyl sites for hydroxylation is 2. The summed E-state index contributed by atoms with van der Waals surface area (Å²) in [4.78, 5) is 16.9. The van der Waals surface area contributed by atoms with E-state index in [-0.39, 0.29) is 0 Å². The van der Waals surface area contributed by atoms with Gasteiger partial charge in [-0.25, -0.2) is 19.6 Å². The van der Waals surface area contributed by atoms with Crippen molar-refractivity contribution in [3.8, 4) is 5.82 Å². The lowest BCUT2D eigenvalue weighted by atomic mass is 9.99. The highest BCUT2D eigenvalue weighted by Gasteiger charge is 2.34. The van der Waals surface area contributed by atoms with Gasteiger partial charge in [-0.1, -0.05) is 12.1 Å². The van der Waals surface area contributed by atoms with E-state index in [0.717, 1.165) is 47.5 Å². The van der Waals surface area contributed by atoms with Gasteiger partial charge in [0, 0.05) is 38.3 Å². The second-order valence-corrected chi connectivity index (χ2v) is 8.30. The Balaban J connectivity index is 1.29. The minimum absolute atomic E-state index is 0.419. The molecule has 7 nitrogen and oxygen atoms in total. The maximum atomic E-state index is 4.89. The Morgan fingerprint density at radius 2 is 1.76 bits per heavy atom. The lowest BCUT2D eigenvalue weighted by molar-refractivity contribution is 0.485. The molecular weight excluding hydrogens is 362 g/mol. The Hall–Kier alpha value is -3.22. The fraction of sp³-hybridized carbons (Fsp3) is 0.364. The molecule has 4 heterocycles. The molecule has 0 radical (unpaired) electrons. The highest BCUT2D eigenvalue weighted by Crippen LogP contribution is 2.40. The van der Waals surface area contributed by atoms with E-state index in [1.807, 2.05) is 30.1 Å². The molecule has 2 fully saturated rings. The number of rotatable bonds is 4. The molecule has 0 unspecified atom stereocenters. The van der Waals surface area contributed by atoms with E-state index in [0.29, 0.717) is 11.8 Å². The molecule has 4 aromatic rings. The first-order valence-corrected chi connectivity index (χ1v) is 10.2. The Kier molecular flexibility index (Phi) is 3.54. The Bertz CT molecular complexity index is 1210. The van der Waals surface area contributed by atoms with Crippen molar-refractivity contribution in [2.24, 2.45) is 7.05 Å². The van der Waals surface area contributed by atoms with Crippen molar-refractivity contribution in [3.63, 3.8) is 0 Å². The van der Waals surface area contributed by atoms with Crippen molar-refractivity contribution in [1.82, 2.24) is 29.3 Å². The van der Waals surface area contributed by atoms with Gasteiger partial charge >= 0.3 is 0 Å². The summed E-state index contributed by atoms with van der Waals surface area (Å²) in [5, 5.41) is 4.44. The molecule has 0 bridgehead atoms. The number of nitrogens with zero attached hydrogens (tertiary/aromatic N) is 7. The number of hydrogen-bond acceptors (Lipinski definition) is 5. The standard InChI is InChI=1S/C22H23N7/c1-14-10-23-29(11-14)20-9-19(25-21(26-20)15-7-8-15)28-12-16(13-28)22-24-17-5-3-4-6-18(17)27(22)2/h3-6,9-11,15-16H,7-8,12-13H2,1-2H3. The molecule has 3 aromatic heterocycles. The van der Waals surface area contributed by atoms with Gasteiger partial charge in [-0.3, -0.25) is 0 Å². The third-order valence-corrected chi connectivity index (χ3v) is 6.00. The molecular formula is C22H23N7. The van der Waals surface area contributed by atoms with Crippen LogP contribution in [0.15, 0.2) is 42.7 Å². The lowest BCUT2D eigenvalue weighted by Crippen LogP contribution is -2.46. The van der Waals surface area contributed by atoms with Crippen LogP contribution in [0.4, 0.5) is 5.82 Å². The van der Waals surface area contributed by atoms with Gasteiger partial charge in [-0.2, -0.15) is 5.10 Å². The molecule has 0 spiro atoms. The maximum absolute atomic E-state index is 4.89. The quantitative estimate of drug-likeness (QED) is 0.539. The van der Waals surface area contributed by atoms with Crippen molar-refractivity contribution in [3.05, 3.63) is 59.9 Å². The van der Waals surface area contributed by atoms with Crippen LogP contribution in [0.2, 0.25) is 0 Å².